The average Bonchev–Trinajstić information content (AvgIpc) is 2.75. The fourth-order valence-electron chi connectivity index (χ4n) is 3.54. The summed E-state index contributed by atoms with van der Waals surface area (Å²) in [5.74, 6) is 0. The van der Waals surface area contributed by atoms with E-state index in [0.29, 0.717) is 5.41 Å². The molecule has 94 valence electrons. The Morgan fingerprint density at radius 3 is 2.71 bits per heavy atom. The van der Waals surface area contributed by atoms with Gasteiger partial charge in [-0.25, -0.2) is 0 Å². The maximum Gasteiger partial charge on any atom is 0.0327 e. The van der Waals surface area contributed by atoms with Gasteiger partial charge >= 0.3 is 0 Å². The highest BCUT2D eigenvalue weighted by Crippen LogP contribution is 2.51. The van der Waals surface area contributed by atoms with Crippen LogP contribution < -0.4 is 5.32 Å². The molecule has 1 N–H and O–H groups in total. The lowest BCUT2D eigenvalue weighted by atomic mass is 9.57. The minimum absolute atomic E-state index is 0.683. The van der Waals surface area contributed by atoms with E-state index >= 15 is 0 Å². The van der Waals surface area contributed by atoms with E-state index in [1.807, 2.05) is 11.3 Å². The van der Waals surface area contributed by atoms with Crippen LogP contribution in [0.4, 0.5) is 0 Å². The lowest BCUT2D eigenvalue weighted by molar-refractivity contribution is 0.0223. The number of hydrogen-bond donors (Lipinski definition) is 1. The summed E-state index contributed by atoms with van der Waals surface area (Å²) in [4.78, 5) is 1.45. The highest BCUT2D eigenvalue weighted by molar-refractivity contribution is 9.10. The van der Waals surface area contributed by atoms with Crippen LogP contribution in [0.15, 0.2) is 15.9 Å². The van der Waals surface area contributed by atoms with Gasteiger partial charge in [0.25, 0.3) is 0 Å². The Kier molecular flexibility index (Phi) is 3.60. The Balaban J connectivity index is 1.57. The largest absolute Gasteiger partial charge is 0.309 e. The lowest BCUT2D eigenvalue weighted by Gasteiger charge is -2.52. The first kappa shape index (κ1) is 12.2. The van der Waals surface area contributed by atoms with Crippen molar-refractivity contribution in [1.82, 2.24) is 5.32 Å². The van der Waals surface area contributed by atoms with Crippen LogP contribution in [-0.4, -0.2) is 6.04 Å². The van der Waals surface area contributed by atoms with E-state index in [1.165, 1.54) is 54.3 Å². The SMILES string of the molecule is Brc1ccsc1CNC1CCC12CCCCC2. The molecule has 17 heavy (non-hydrogen) atoms. The predicted octanol–water partition coefficient (Wildman–Crippen LogP) is 4.71. The van der Waals surface area contributed by atoms with E-state index in [1.54, 1.807) is 0 Å². The Bertz CT molecular complexity index is 381. The van der Waals surface area contributed by atoms with Crippen molar-refractivity contribution in [3.63, 3.8) is 0 Å². The third kappa shape index (κ3) is 2.34. The van der Waals surface area contributed by atoms with Gasteiger partial charge in [0, 0.05) is 21.9 Å². The Morgan fingerprint density at radius 2 is 2.12 bits per heavy atom. The highest BCUT2D eigenvalue weighted by atomic mass is 79.9. The molecule has 1 nitrogen and oxygen atoms in total. The molecule has 2 saturated carbocycles. The van der Waals surface area contributed by atoms with Crippen LogP contribution in [0, 0.1) is 5.41 Å². The van der Waals surface area contributed by atoms with Gasteiger partial charge in [-0.1, -0.05) is 19.3 Å². The van der Waals surface area contributed by atoms with E-state index < -0.39 is 0 Å². The average molecular weight is 314 g/mol. The molecule has 0 bridgehead atoms. The van der Waals surface area contributed by atoms with Gasteiger partial charge in [-0.3, -0.25) is 0 Å². The van der Waals surface area contributed by atoms with Crippen LogP contribution in [-0.2, 0) is 6.54 Å². The standard InChI is InChI=1S/C14H20BrNS/c15-11-5-9-17-12(11)10-16-13-4-8-14(13)6-2-1-3-7-14/h5,9,13,16H,1-4,6-8,10H2. The molecule has 0 saturated heterocycles. The second-order valence-electron chi connectivity index (χ2n) is 5.59. The van der Waals surface area contributed by atoms with Crippen LogP contribution >= 0.6 is 27.3 Å². The van der Waals surface area contributed by atoms with Crippen LogP contribution in [0.5, 0.6) is 0 Å². The summed E-state index contributed by atoms with van der Waals surface area (Å²) < 4.78 is 1.27. The minimum Gasteiger partial charge on any atom is -0.309 e. The van der Waals surface area contributed by atoms with E-state index in [4.69, 9.17) is 0 Å². The molecule has 0 aliphatic heterocycles. The summed E-state index contributed by atoms with van der Waals surface area (Å²) in [5.41, 5.74) is 0.683. The van der Waals surface area contributed by atoms with Crippen molar-refractivity contribution in [3.05, 3.63) is 20.8 Å². The molecule has 1 aromatic heterocycles. The maximum atomic E-state index is 3.80. The number of rotatable bonds is 3. The normalized spacial score (nSPS) is 27.0. The van der Waals surface area contributed by atoms with Gasteiger partial charge in [0.05, 0.1) is 0 Å². The highest BCUT2D eigenvalue weighted by Gasteiger charge is 2.46. The van der Waals surface area contributed by atoms with Crippen LogP contribution in [0.1, 0.15) is 49.8 Å². The van der Waals surface area contributed by atoms with Crippen LogP contribution in [0.2, 0.25) is 0 Å². The van der Waals surface area contributed by atoms with Crippen molar-refractivity contribution in [1.29, 1.82) is 0 Å². The lowest BCUT2D eigenvalue weighted by Crippen LogP contribution is -2.53. The molecule has 1 unspecified atom stereocenters. The summed E-state index contributed by atoms with van der Waals surface area (Å²) in [6.07, 6.45) is 10.2. The molecular weight excluding hydrogens is 294 g/mol. The smallest absolute Gasteiger partial charge is 0.0327 e. The van der Waals surface area contributed by atoms with Gasteiger partial charge in [-0.2, -0.15) is 0 Å². The summed E-state index contributed by atoms with van der Waals surface area (Å²) >= 11 is 5.47. The van der Waals surface area contributed by atoms with Gasteiger partial charge < -0.3 is 5.32 Å². The first-order valence-corrected chi connectivity index (χ1v) is 8.43. The van der Waals surface area contributed by atoms with E-state index in [0.717, 1.165) is 12.6 Å². The number of halogens is 1. The van der Waals surface area contributed by atoms with Gasteiger partial charge in [0.2, 0.25) is 0 Å². The van der Waals surface area contributed by atoms with E-state index in [2.05, 4.69) is 32.7 Å². The first-order chi connectivity index (χ1) is 8.30. The molecule has 1 atom stereocenters. The summed E-state index contributed by atoms with van der Waals surface area (Å²) in [5, 5.41) is 5.97. The van der Waals surface area contributed by atoms with Gasteiger partial charge in [-0.05, 0) is 58.5 Å². The van der Waals surface area contributed by atoms with Crippen LogP contribution in [0.3, 0.4) is 0 Å². The third-order valence-electron chi connectivity index (χ3n) is 4.72. The maximum absolute atomic E-state index is 3.80. The molecule has 3 rings (SSSR count). The molecule has 0 aromatic carbocycles. The fourth-order valence-corrected chi connectivity index (χ4v) is 4.98. The molecule has 0 radical (unpaired) electrons. The quantitative estimate of drug-likeness (QED) is 0.852. The Morgan fingerprint density at radius 1 is 1.29 bits per heavy atom. The van der Waals surface area contributed by atoms with Crippen molar-refractivity contribution >= 4 is 27.3 Å². The number of thiophene rings is 1. The minimum atomic E-state index is 0.683. The second-order valence-corrected chi connectivity index (χ2v) is 7.44. The molecule has 3 heteroatoms. The molecule has 0 amide bonds. The zero-order valence-corrected chi connectivity index (χ0v) is 12.6. The molecule has 1 heterocycles. The molecule has 2 aliphatic rings. The van der Waals surface area contributed by atoms with E-state index in [-0.39, 0.29) is 0 Å². The van der Waals surface area contributed by atoms with Crippen molar-refractivity contribution in [2.75, 3.05) is 0 Å². The first-order valence-electron chi connectivity index (χ1n) is 6.75. The predicted molar refractivity (Wildman–Crippen MR) is 77.4 cm³/mol. The van der Waals surface area contributed by atoms with Crippen molar-refractivity contribution in [3.8, 4) is 0 Å². The van der Waals surface area contributed by atoms with Crippen LogP contribution in [0.25, 0.3) is 0 Å². The topological polar surface area (TPSA) is 12.0 Å². The van der Waals surface area contributed by atoms with Gasteiger partial charge in [0.15, 0.2) is 0 Å². The van der Waals surface area contributed by atoms with Gasteiger partial charge in [0.1, 0.15) is 0 Å². The molecule has 1 aromatic rings. The zero-order valence-electron chi connectivity index (χ0n) is 10.2. The van der Waals surface area contributed by atoms with Gasteiger partial charge in [-0.15, -0.1) is 11.3 Å². The molecule has 1 spiro atoms. The number of hydrogen-bond acceptors (Lipinski definition) is 2. The fraction of sp³-hybridized carbons (Fsp3) is 0.714. The summed E-state index contributed by atoms with van der Waals surface area (Å²) in [6, 6.07) is 2.94. The summed E-state index contributed by atoms with van der Waals surface area (Å²) in [7, 11) is 0. The van der Waals surface area contributed by atoms with Crippen molar-refractivity contribution in [2.24, 2.45) is 5.41 Å². The second kappa shape index (κ2) is 5.02. The van der Waals surface area contributed by atoms with E-state index in [9.17, 15) is 0 Å². The zero-order chi connectivity index (χ0) is 11.7. The Labute approximate surface area is 116 Å². The third-order valence-corrected chi connectivity index (χ3v) is 6.65. The molecular formula is C14H20BrNS. The summed E-state index contributed by atoms with van der Waals surface area (Å²) in [6.45, 7) is 1.05. The van der Waals surface area contributed by atoms with Crippen molar-refractivity contribution in [2.45, 2.75) is 57.5 Å². The monoisotopic (exact) mass is 313 g/mol. The molecule has 2 fully saturated rings. The molecule has 2 aliphatic carbocycles. The van der Waals surface area contributed by atoms with Crippen molar-refractivity contribution < 1.29 is 0 Å². The number of nitrogens with one attached hydrogen (secondary N) is 1. The Hall–Kier alpha value is 0.140.